The molecule has 0 spiro atoms. The molecular weight excluding hydrogens is 328 g/mol. The van der Waals surface area contributed by atoms with E-state index in [0.29, 0.717) is 18.8 Å². The van der Waals surface area contributed by atoms with Crippen molar-refractivity contribution in [2.45, 2.75) is 26.3 Å². The Morgan fingerprint density at radius 2 is 1.88 bits per heavy atom. The van der Waals surface area contributed by atoms with Gasteiger partial charge in [0, 0.05) is 31.0 Å². The minimum atomic E-state index is -0.171. The van der Waals surface area contributed by atoms with E-state index in [9.17, 15) is 4.79 Å². The van der Waals surface area contributed by atoms with Crippen LogP contribution in [0.3, 0.4) is 0 Å². The molecule has 2 N–H and O–H groups in total. The number of carbonyl (C=O) groups is 1. The van der Waals surface area contributed by atoms with Gasteiger partial charge < -0.3 is 20.3 Å². The number of amides is 1. The number of ether oxygens (including phenoxy) is 1. The molecule has 1 aliphatic rings. The van der Waals surface area contributed by atoms with Crippen molar-refractivity contribution in [1.29, 1.82) is 0 Å². The van der Waals surface area contributed by atoms with Crippen molar-refractivity contribution in [3.63, 3.8) is 0 Å². The monoisotopic (exact) mass is 354 g/mol. The van der Waals surface area contributed by atoms with Gasteiger partial charge in [0.25, 0.3) is 5.91 Å². The first-order chi connectivity index (χ1) is 12.4. The van der Waals surface area contributed by atoms with Gasteiger partial charge in [0.1, 0.15) is 0 Å². The van der Waals surface area contributed by atoms with E-state index in [1.807, 2.05) is 30.3 Å². The number of benzene rings is 1. The van der Waals surface area contributed by atoms with E-state index in [1.165, 1.54) is 0 Å². The van der Waals surface area contributed by atoms with Crippen LogP contribution in [0, 0.1) is 0 Å². The zero-order chi connectivity index (χ0) is 18.6. The summed E-state index contributed by atoms with van der Waals surface area (Å²) in [5.41, 5.74) is 3.07. The summed E-state index contributed by atoms with van der Waals surface area (Å²) in [6.07, 6.45) is 3.31. The molecule has 3 rings (SSSR count). The van der Waals surface area contributed by atoms with Crippen LogP contribution in [0.25, 0.3) is 0 Å². The lowest BCUT2D eigenvalue weighted by Gasteiger charge is -2.30. The molecule has 138 valence electrons. The Labute approximate surface area is 154 Å². The maximum Gasteiger partial charge on any atom is 0.257 e. The highest BCUT2D eigenvalue weighted by atomic mass is 16.5. The molecule has 1 amide bonds. The Hall–Kier alpha value is -2.60. The molecule has 1 fully saturated rings. The second-order valence-electron chi connectivity index (χ2n) is 7.41. The highest BCUT2D eigenvalue weighted by molar-refractivity contribution is 6.06. The van der Waals surface area contributed by atoms with Gasteiger partial charge in [0.15, 0.2) is 0 Å². The van der Waals surface area contributed by atoms with Crippen LogP contribution < -0.4 is 15.5 Å². The number of hydrogen-bond acceptors (Lipinski definition) is 5. The number of nitrogens with one attached hydrogen (secondary N) is 2. The van der Waals surface area contributed by atoms with Crippen LogP contribution in [0.1, 0.15) is 31.1 Å². The molecule has 0 aliphatic carbocycles. The van der Waals surface area contributed by atoms with Crippen LogP contribution >= 0.6 is 0 Å². The first-order valence-electron chi connectivity index (χ1n) is 8.89. The van der Waals surface area contributed by atoms with Crippen LogP contribution in [0.4, 0.5) is 17.1 Å². The van der Waals surface area contributed by atoms with Gasteiger partial charge in [-0.2, -0.15) is 0 Å². The molecule has 0 bridgehead atoms. The minimum absolute atomic E-state index is 0.0975. The fraction of sp³-hybridized carbons (Fsp3) is 0.400. The molecule has 0 unspecified atom stereocenters. The van der Waals surface area contributed by atoms with Crippen molar-refractivity contribution in [3.05, 3.63) is 48.3 Å². The molecule has 0 atom stereocenters. The molecule has 6 heteroatoms. The molecule has 0 radical (unpaired) electrons. The number of anilines is 3. The van der Waals surface area contributed by atoms with Crippen LogP contribution in [-0.2, 0) is 4.74 Å². The average Bonchev–Trinajstić information content (AvgIpc) is 2.62. The van der Waals surface area contributed by atoms with E-state index in [2.05, 4.69) is 41.3 Å². The number of carbonyl (C=O) groups excluding carboxylic acids is 1. The van der Waals surface area contributed by atoms with Crippen LogP contribution in [0.5, 0.6) is 0 Å². The summed E-state index contributed by atoms with van der Waals surface area (Å²) < 4.78 is 5.42. The lowest BCUT2D eigenvalue weighted by atomic mass is 10.1. The first-order valence-corrected chi connectivity index (χ1v) is 8.89. The summed E-state index contributed by atoms with van der Waals surface area (Å²) >= 11 is 0. The highest BCUT2D eigenvalue weighted by Crippen LogP contribution is 2.27. The predicted molar refractivity (Wildman–Crippen MR) is 105 cm³/mol. The Morgan fingerprint density at radius 3 is 2.62 bits per heavy atom. The summed E-state index contributed by atoms with van der Waals surface area (Å²) in [5.74, 6) is -0.171. The third-order valence-electron chi connectivity index (χ3n) is 4.02. The molecule has 1 saturated heterocycles. The van der Waals surface area contributed by atoms with E-state index in [0.717, 1.165) is 30.2 Å². The van der Waals surface area contributed by atoms with Gasteiger partial charge in [0.2, 0.25) is 0 Å². The van der Waals surface area contributed by atoms with Crippen molar-refractivity contribution >= 4 is 23.0 Å². The first kappa shape index (κ1) is 18.2. The Kier molecular flexibility index (Phi) is 5.42. The molecule has 1 aromatic carbocycles. The molecular formula is C20H26N4O2. The van der Waals surface area contributed by atoms with Crippen LogP contribution in [0.15, 0.2) is 42.7 Å². The lowest BCUT2D eigenvalue weighted by Crippen LogP contribution is -2.36. The summed E-state index contributed by atoms with van der Waals surface area (Å²) in [5, 5.41) is 6.36. The topological polar surface area (TPSA) is 66.5 Å². The fourth-order valence-electron chi connectivity index (χ4n) is 2.92. The number of para-hydroxylation sites is 2. The second kappa shape index (κ2) is 7.74. The van der Waals surface area contributed by atoms with E-state index in [1.54, 1.807) is 12.4 Å². The minimum Gasteiger partial charge on any atom is -0.379 e. The normalized spacial score (nSPS) is 14.8. The zero-order valence-corrected chi connectivity index (χ0v) is 15.6. The Morgan fingerprint density at radius 1 is 1.15 bits per heavy atom. The van der Waals surface area contributed by atoms with E-state index in [-0.39, 0.29) is 11.4 Å². The van der Waals surface area contributed by atoms with Crippen LogP contribution in [-0.4, -0.2) is 42.7 Å². The van der Waals surface area contributed by atoms with Crippen molar-refractivity contribution in [2.24, 2.45) is 0 Å². The molecule has 2 aromatic rings. The number of nitrogens with zero attached hydrogens (tertiary/aromatic N) is 2. The van der Waals surface area contributed by atoms with E-state index in [4.69, 9.17) is 4.74 Å². The van der Waals surface area contributed by atoms with Gasteiger partial charge in [-0.25, -0.2) is 0 Å². The fourth-order valence-corrected chi connectivity index (χ4v) is 2.92. The smallest absolute Gasteiger partial charge is 0.257 e. The maximum absolute atomic E-state index is 12.7. The predicted octanol–water partition coefficient (Wildman–Crippen LogP) is 3.38. The van der Waals surface area contributed by atoms with Gasteiger partial charge in [-0.15, -0.1) is 0 Å². The van der Waals surface area contributed by atoms with Gasteiger partial charge in [-0.1, -0.05) is 12.1 Å². The number of aromatic nitrogens is 1. The standard InChI is InChI=1S/C20H26N4O2/c1-20(2,3)23-16-12-15(13-21-14-16)19(25)22-17-6-4-5-7-18(17)24-8-10-26-11-9-24/h4-7,12-14,23H,8-11H2,1-3H3,(H,22,25). The average molecular weight is 354 g/mol. The Balaban J connectivity index is 1.77. The highest BCUT2D eigenvalue weighted by Gasteiger charge is 2.17. The number of hydrogen-bond donors (Lipinski definition) is 2. The number of pyridine rings is 1. The SMILES string of the molecule is CC(C)(C)Nc1cncc(C(=O)Nc2ccccc2N2CCOCC2)c1. The van der Waals surface area contributed by atoms with E-state index < -0.39 is 0 Å². The number of rotatable bonds is 4. The lowest BCUT2D eigenvalue weighted by molar-refractivity contribution is 0.102. The molecule has 1 aliphatic heterocycles. The summed E-state index contributed by atoms with van der Waals surface area (Å²) in [6, 6.07) is 9.68. The summed E-state index contributed by atoms with van der Waals surface area (Å²) in [6.45, 7) is 9.24. The number of morpholine rings is 1. The van der Waals surface area contributed by atoms with Crippen molar-refractivity contribution in [2.75, 3.05) is 41.8 Å². The molecule has 26 heavy (non-hydrogen) atoms. The largest absolute Gasteiger partial charge is 0.379 e. The Bertz CT molecular complexity index is 764. The van der Waals surface area contributed by atoms with Crippen molar-refractivity contribution in [3.8, 4) is 0 Å². The molecule has 1 aromatic heterocycles. The zero-order valence-electron chi connectivity index (χ0n) is 15.6. The van der Waals surface area contributed by atoms with Crippen molar-refractivity contribution in [1.82, 2.24) is 4.98 Å². The third-order valence-corrected chi connectivity index (χ3v) is 4.02. The van der Waals surface area contributed by atoms with Crippen molar-refractivity contribution < 1.29 is 9.53 Å². The summed E-state index contributed by atoms with van der Waals surface area (Å²) in [7, 11) is 0. The third kappa shape index (κ3) is 4.73. The maximum atomic E-state index is 12.7. The van der Waals surface area contributed by atoms with Gasteiger partial charge in [-0.05, 0) is 39.0 Å². The molecule has 0 saturated carbocycles. The molecule has 2 heterocycles. The van der Waals surface area contributed by atoms with Gasteiger partial charge in [0.05, 0.1) is 35.8 Å². The van der Waals surface area contributed by atoms with E-state index >= 15 is 0 Å². The molecule has 6 nitrogen and oxygen atoms in total. The van der Waals surface area contributed by atoms with Gasteiger partial charge in [-0.3, -0.25) is 9.78 Å². The second-order valence-corrected chi connectivity index (χ2v) is 7.41. The van der Waals surface area contributed by atoms with Crippen LogP contribution in [0.2, 0.25) is 0 Å². The quantitative estimate of drug-likeness (QED) is 0.881. The summed E-state index contributed by atoms with van der Waals surface area (Å²) in [4.78, 5) is 19.2. The van der Waals surface area contributed by atoms with Gasteiger partial charge >= 0.3 is 0 Å².